The second-order valence-electron chi connectivity index (χ2n) is 2.65. The van der Waals surface area contributed by atoms with Crippen molar-refractivity contribution in [3.05, 3.63) is 23.5 Å². The molecule has 0 aliphatic rings. The fraction of sp³-hybridized carbons (Fsp3) is 0.375. The molecule has 0 radical (unpaired) electrons. The van der Waals surface area contributed by atoms with E-state index in [1.165, 1.54) is 0 Å². The molecule has 1 aromatic heterocycles. The van der Waals surface area contributed by atoms with Crippen LogP contribution >= 0.6 is 0 Å². The highest BCUT2D eigenvalue weighted by Crippen LogP contribution is 2.06. The van der Waals surface area contributed by atoms with Gasteiger partial charge in [-0.2, -0.15) is 0 Å². The van der Waals surface area contributed by atoms with Gasteiger partial charge in [-0.25, -0.2) is 0 Å². The van der Waals surface area contributed by atoms with Crippen LogP contribution in [0.1, 0.15) is 16.1 Å². The Labute approximate surface area is 70.9 Å². The molecule has 1 heterocycles. The molecule has 1 aromatic rings. The van der Waals surface area contributed by atoms with Gasteiger partial charge in [0.05, 0.1) is 0 Å². The fourth-order valence-electron chi connectivity index (χ4n) is 1.11. The lowest BCUT2D eigenvalue weighted by Gasteiger charge is -2.03. The molecule has 1 rings (SSSR count). The van der Waals surface area contributed by atoms with Crippen LogP contribution in [0, 0.1) is 6.92 Å². The molecule has 4 heteroatoms. The van der Waals surface area contributed by atoms with Gasteiger partial charge in [0.1, 0.15) is 12.4 Å². The maximum Gasteiger partial charge on any atom is 0.265 e. The zero-order valence-electron chi connectivity index (χ0n) is 7.20. The third kappa shape index (κ3) is 1.65. The summed E-state index contributed by atoms with van der Waals surface area (Å²) in [6, 6.07) is 1.74. The first-order valence-corrected chi connectivity index (χ1v) is 3.60. The van der Waals surface area contributed by atoms with E-state index in [4.69, 9.17) is 10.5 Å². The lowest BCUT2D eigenvalue weighted by molar-refractivity contribution is 0.0957. The molecule has 0 atom stereocenters. The zero-order valence-corrected chi connectivity index (χ0v) is 7.20. The molecule has 2 N–H and O–H groups in total. The van der Waals surface area contributed by atoms with Crippen molar-refractivity contribution in [1.82, 2.24) is 4.57 Å². The van der Waals surface area contributed by atoms with Gasteiger partial charge in [0, 0.05) is 13.3 Å². The molecule has 0 saturated carbocycles. The summed E-state index contributed by atoms with van der Waals surface area (Å²) in [5, 5.41) is 0. The Morgan fingerprint density at radius 3 is 2.92 bits per heavy atom. The number of nitrogens with zero attached hydrogens (tertiary/aromatic N) is 1. The number of carbonyl (C=O) groups excluding carboxylic acids is 1. The number of ether oxygens (including phenoxy) is 1. The minimum atomic E-state index is -0.430. The van der Waals surface area contributed by atoms with Gasteiger partial charge in [0.15, 0.2) is 0 Å². The highest BCUT2D eigenvalue weighted by atomic mass is 16.5. The first-order chi connectivity index (χ1) is 5.65. The quantitative estimate of drug-likeness (QED) is 0.714. The van der Waals surface area contributed by atoms with Gasteiger partial charge in [0.2, 0.25) is 0 Å². The first kappa shape index (κ1) is 8.80. The van der Waals surface area contributed by atoms with Crippen molar-refractivity contribution in [3.63, 3.8) is 0 Å². The lowest BCUT2D eigenvalue weighted by Crippen LogP contribution is -2.16. The molecular weight excluding hydrogens is 156 g/mol. The third-order valence-electron chi connectivity index (χ3n) is 1.55. The van der Waals surface area contributed by atoms with E-state index < -0.39 is 5.91 Å². The Morgan fingerprint density at radius 2 is 2.42 bits per heavy atom. The van der Waals surface area contributed by atoms with Crippen LogP contribution in [0.5, 0.6) is 0 Å². The summed E-state index contributed by atoms with van der Waals surface area (Å²) in [6.07, 6.45) is 1.82. The van der Waals surface area contributed by atoms with Crippen molar-refractivity contribution in [2.45, 2.75) is 13.7 Å². The molecule has 0 aliphatic carbocycles. The summed E-state index contributed by atoms with van der Waals surface area (Å²) < 4.78 is 6.57. The van der Waals surface area contributed by atoms with Crippen molar-refractivity contribution in [2.24, 2.45) is 5.73 Å². The minimum absolute atomic E-state index is 0.353. The summed E-state index contributed by atoms with van der Waals surface area (Å²) in [5.74, 6) is -0.430. The predicted octanol–water partition coefficient (Wildman–Crippen LogP) is 0.499. The van der Waals surface area contributed by atoms with Gasteiger partial charge in [-0.3, -0.25) is 4.79 Å². The molecular formula is C8H12N2O2. The topological polar surface area (TPSA) is 57.2 Å². The van der Waals surface area contributed by atoms with Crippen LogP contribution in [0.3, 0.4) is 0 Å². The summed E-state index contributed by atoms with van der Waals surface area (Å²) >= 11 is 0. The average Bonchev–Trinajstić information content (AvgIpc) is 2.32. The fourth-order valence-corrected chi connectivity index (χ4v) is 1.11. The number of hydrogen-bond donors (Lipinski definition) is 1. The van der Waals surface area contributed by atoms with E-state index in [-0.39, 0.29) is 0 Å². The number of aromatic nitrogens is 1. The normalized spacial score (nSPS) is 10.2. The molecule has 4 nitrogen and oxygen atoms in total. The minimum Gasteiger partial charge on any atom is -0.364 e. The van der Waals surface area contributed by atoms with Crippen LogP contribution in [0.4, 0.5) is 0 Å². The largest absolute Gasteiger partial charge is 0.364 e. The molecule has 0 bridgehead atoms. The van der Waals surface area contributed by atoms with E-state index in [0.29, 0.717) is 12.4 Å². The second-order valence-corrected chi connectivity index (χ2v) is 2.65. The Morgan fingerprint density at radius 1 is 1.75 bits per heavy atom. The molecule has 0 spiro atoms. The van der Waals surface area contributed by atoms with E-state index >= 15 is 0 Å². The highest BCUT2D eigenvalue weighted by Gasteiger charge is 2.07. The SMILES string of the molecule is COCn1cc(C)cc1C(N)=O. The number of rotatable bonds is 3. The molecule has 1 amide bonds. The monoisotopic (exact) mass is 168 g/mol. The van der Waals surface area contributed by atoms with Crippen molar-refractivity contribution in [2.75, 3.05) is 7.11 Å². The predicted molar refractivity (Wildman–Crippen MR) is 44.7 cm³/mol. The summed E-state index contributed by atoms with van der Waals surface area (Å²) in [6.45, 7) is 2.25. The van der Waals surface area contributed by atoms with Crippen molar-refractivity contribution < 1.29 is 9.53 Å². The van der Waals surface area contributed by atoms with E-state index in [1.807, 2.05) is 13.1 Å². The van der Waals surface area contributed by atoms with Gasteiger partial charge in [-0.15, -0.1) is 0 Å². The Kier molecular flexibility index (Phi) is 2.50. The molecule has 0 unspecified atom stereocenters. The molecule has 0 aliphatic heterocycles. The summed E-state index contributed by atoms with van der Waals surface area (Å²) in [4.78, 5) is 10.9. The molecule has 66 valence electrons. The van der Waals surface area contributed by atoms with Gasteiger partial charge in [0.25, 0.3) is 5.91 Å². The van der Waals surface area contributed by atoms with Crippen LogP contribution in [-0.4, -0.2) is 17.6 Å². The number of carbonyl (C=O) groups is 1. The number of nitrogens with two attached hydrogens (primary N) is 1. The molecule has 12 heavy (non-hydrogen) atoms. The van der Waals surface area contributed by atoms with Gasteiger partial charge < -0.3 is 15.0 Å². The van der Waals surface area contributed by atoms with Gasteiger partial charge in [-0.05, 0) is 18.6 Å². The summed E-state index contributed by atoms with van der Waals surface area (Å²) in [7, 11) is 1.57. The first-order valence-electron chi connectivity index (χ1n) is 3.60. The van der Waals surface area contributed by atoms with Crippen LogP contribution in [-0.2, 0) is 11.5 Å². The van der Waals surface area contributed by atoms with Crippen molar-refractivity contribution in [1.29, 1.82) is 0 Å². The average molecular weight is 168 g/mol. The van der Waals surface area contributed by atoms with E-state index in [9.17, 15) is 4.79 Å². The number of primary amides is 1. The standard InChI is InChI=1S/C8H12N2O2/c1-6-3-7(8(9)11)10(4-6)5-12-2/h3-4H,5H2,1-2H3,(H2,9,11). The second kappa shape index (κ2) is 3.40. The Hall–Kier alpha value is -1.29. The number of amides is 1. The Balaban J connectivity index is 2.99. The number of hydrogen-bond acceptors (Lipinski definition) is 2. The third-order valence-corrected chi connectivity index (χ3v) is 1.55. The maximum atomic E-state index is 10.9. The highest BCUT2D eigenvalue weighted by molar-refractivity contribution is 5.91. The number of aryl methyl sites for hydroxylation is 1. The van der Waals surface area contributed by atoms with Crippen molar-refractivity contribution in [3.8, 4) is 0 Å². The maximum absolute atomic E-state index is 10.9. The number of methoxy groups -OCH3 is 1. The van der Waals surface area contributed by atoms with Gasteiger partial charge >= 0.3 is 0 Å². The lowest BCUT2D eigenvalue weighted by atomic mass is 10.3. The van der Waals surface area contributed by atoms with E-state index in [2.05, 4.69) is 0 Å². The zero-order chi connectivity index (χ0) is 9.14. The van der Waals surface area contributed by atoms with Gasteiger partial charge in [-0.1, -0.05) is 0 Å². The smallest absolute Gasteiger partial charge is 0.265 e. The molecule has 0 fully saturated rings. The van der Waals surface area contributed by atoms with Crippen LogP contribution < -0.4 is 5.73 Å². The van der Waals surface area contributed by atoms with Crippen LogP contribution in [0.25, 0.3) is 0 Å². The Bertz CT molecular complexity index is 291. The summed E-state index contributed by atoms with van der Waals surface area (Å²) in [5.41, 5.74) is 6.62. The van der Waals surface area contributed by atoms with Crippen LogP contribution in [0.15, 0.2) is 12.3 Å². The van der Waals surface area contributed by atoms with Crippen molar-refractivity contribution >= 4 is 5.91 Å². The van der Waals surface area contributed by atoms with E-state index in [0.717, 1.165) is 5.56 Å². The molecule has 0 saturated heterocycles. The van der Waals surface area contributed by atoms with Crippen LogP contribution in [0.2, 0.25) is 0 Å². The molecule has 0 aromatic carbocycles. The van der Waals surface area contributed by atoms with E-state index in [1.54, 1.807) is 17.7 Å².